The highest BCUT2D eigenvalue weighted by Crippen LogP contribution is 2.33. The highest BCUT2D eigenvalue weighted by atomic mass is 14.8. The molecule has 3 N–H and O–H groups in total. The van der Waals surface area contributed by atoms with Crippen LogP contribution in [0.5, 0.6) is 0 Å². The van der Waals surface area contributed by atoms with Crippen LogP contribution in [0.3, 0.4) is 0 Å². The Labute approximate surface area is 88.6 Å². The van der Waals surface area contributed by atoms with Crippen molar-refractivity contribution >= 4 is 0 Å². The largest absolute Gasteiger partial charge is 0.330 e. The second kappa shape index (κ2) is 7.24. The Morgan fingerprint density at radius 3 is 2.64 bits per heavy atom. The Morgan fingerprint density at radius 2 is 2.00 bits per heavy atom. The van der Waals surface area contributed by atoms with E-state index in [2.05, 4.69) is 12.2 Å². The third-order valence-electron chi connectivity index (χ3n) is 3.12. The van der Waals surface area contributed by atoms with Crippen LogP contribution in [0.1, 0.15) is 45.4 Å². The summed E-state index contributed by atoms with van der Waals surface area (Å²) in [7, 11) is 0. The minimum Gasteiger partial charge on any atom is -0.330 e. The zero-order chi connectivity index (χ0) is 10.2. The maximum absolute atomic E-state index is 5.55. The fraction of sp³-hybridized carbons (Fsp3) is 1.00. The third-order valence-corrected chi connectivity index (χ3v) is 3.12. The topological polar surface area (TPSA) is 38.0 Å². The maximum Gasteiger partial charge on any atom is -0.00488 e. The van der Waals surface area contributed by atoms with Gasteiger partial charge in [-0.05, 0) is 57.2 Å². The molecule has 1 aliphatic carbocycles. The highest BCUT2D eigenvalue weighted by Gasteiger charge is 2.19. The Bertz CT molecular complexity index is 132. The molecule has 2 nitrogen and oxygen atoms in total. The molecule has 1 aliphatic rings. The fourth-order valence-electron chi connectivity index (χ4n) is 1.74. The van der Waals surface area contributed by atoms with Gasteiger partial charge in [-0.2, -0.15) is 0 Å². The van der Waals surface area contributed by atoms with Crippen molar-refractivity contribution in [2.45, 2.75) is 45.4 Å². The lowest BCUT2D eigenvalue weighted by atomic mass is 10.1. The van der Waals surface area contributed by atoms with Gasteiger partial charge in [0, 0.05) is 0 Å². The lowest BCUT2D eigenvalue weighted by Gasteiger charge is -2.08. The average molecular weight is 198 g/mol. The molecule has 1 unspecified atom stereocenters. The van der Waals surface area contributed by atoms with E-state index in [0.717, 1.165) is 12.5 Å². The van der Waals surface area contributed by atoms with Crippen LogP contribution in [0.25, 0.3) is 0 Å². The molecule has 1 fully saturated rings. The summed E-state index contributed by atoms with van der Waals surface area (Å²) in [5.74, 6) is 1.79. The number of hydrogen-bond donors (Lipinski definition) is 2. The molecule has 0 saturated heterocycles. The van der Waals surface area contributed by atoms with E-state index in [-0.39, 0.29) is 0 Å². The van der Waals surface area contributed by atoms with Crippen molar-refractivity contribution in [2.24, 2.45) is 17.6 Å². The Balaban J connectivity index is 1.70. The van der Waals surface area contributed by atoms with Gasteiger partial charge in [-0.15, -0.1) is 0 Å². The minimum atomic E-state index is 0.697. The molecule has 0 aromatic heterocycles. The number of nitrogens with one attached hydrogen (secondary N) is 1. The van der Waals surface area contributed by atoms with E-state index < -0.39 is 0 Å². The maximum atomic E-state index is 5.55. The summed E-state index contributed by atoms with van der Waals surface area (Å²) >= 11 is 0. The molecule has 0 spiro atoms. The molecule has 0 radical (unpaired) electrons. The van der Waals surface area contributed by atoms with E-state index in [1.165, 1.54) is 51.6 Å². The summed E-state index contributed by atoms with van der Waals surface area (Å²) < 4.78 is 0. The predicted octanol–water partition coefficient (Wildman–Crippen LogP) is 2.14. The summed E-state index contributed by atoms with van der Waals surface area (Å²) in [4.78, 5) is 0. The molecule has 1 saturated carbocycles. The normalized spacial score (nSPS) is 18.4. The van der Waals surface area contributed by atoms with Crippen LogP contribution >= 0.6 is 0 Å². The number of hydrogen-bond acceptors (Lipinski definition) is 2. The molecule has 0 aromatic rings. The predicted molar refractivity (Wildman–Crippen MR) is 62.3 cm³/mol. The SMILES string of the molecule is CC(CN)CCCNCCCC1CC1. The van der Waals surface area contributed by atoms with E-state index in [1.54, 1.807) is 0 Å². The summed E-state index contributed by atoms with van der Waals surface area (Å²) in [6.07, 6.45) is 8.36. The van der Waals surface area contributed by atoms with Crippen molar-refractivity contribution in [3.05, 3.63) is 0 Å². The average Bonchev–Trinajstić information content (AvgIpc) is 2.99. The van der Waals surface area contributed by atoms with E-state index >= 15 is 0 Å². The first kappa shape index (κ1) is 12.0. The van der Waals surface area contributed by atoms with Gasteiger partial charge in [0.2, 0.25) is 0 Å². The molecular weight excluding hydrogens is 172 g/mol. The van der Waals surface area contributed by atoms with Crippen molar-refractivity contribution < 1.29 is 0 Å². The van der Waals surface area contributed by atoms with Gasteiger partial charge in [0.25, 0.3) is 0 Å². The molecule has 1 rings (SSSR count). The van der Waals surface area contributed by atoms with Gasteiger partial charge >= 0.3 is 0 Å². The third kappa shape index (κ3) is 6.39. The van der Waals surface area contributed by atoms with Gasteiger partial charge in [-0.1, -0.05) is 19.8 Å². The molecule has 1 atom stereocenters. The van der Waals surface area contributed by atoms with Crippen molar-refractivity contribution in [2.75, 3.05) is 19.6 Å². The van der Waals surface area contributed by atoms with Crippen LogP contribution in [0.2, 0.25) is 0 Å². The fourth-order valence-corrected chi connectivity index (χ4v) is 1.74. The molecule has 84 valence electrons. The zero-order valence-corrected chi connectivity index (χ0v) is 9.60. The Morgan fingerprint density at radius 1 is 1.29 bits per heavy atom. The molecular formula is C12H26N2. The second-order valence-corrected chi connectivity index (χ2v) is 4.82. The van der Waals surface area contributed by atoms with E-state index in [1.807, 2.05) is 0 Å². The van der Waals surface area contributed by atoms with Crippen LogP contribution < -0.4 is 11.1 Å². The minimum absolute atomic E-state index is 0.697. The van der Waals surface area contributed by atoms with Crippen LogP contribution in [0.15, 0.2) is 0 Å². The smallest absolute Gasteiger partial charge is 0.00488 e. The summed E-state index contributed by atoms with van der Waals surface area (Å²) in [5.41, 5.74) is 5.55. The van der Waals surface area contributed by atoms with Gasteiger partial charge in [0.1, 0.15) is 0 Å². The van der Waals surface area contributed by atoms with Crippen LogP contribution in [-0.4, -0.2) is 19.6 Å². The van der Waals surface area contributed by atoms with Gasteiger partial charge in [0.05, 0.1) is 0 Å². The number of nitrogens with two attached hydrogens (primary N) is 1. The van der Waals surface area contributed by atoms with E-state index in [4.69, 9.17) is 5.73 Å². The lowest BCUT2D eigenvalue weighted by molar-refractivity contribution is 0.495. The van der Waals surface area contributed by atoms with E-state index in [0.29, 0.717) is 5.92 Å². The first-order valence-electron chi connectivity index (χ1n) is 6.23. The van der Waals surface area contributed by atoms with Crippen molar-refractivity contribution in [3.63, 3.8) is 0 Å². The molecule has 2 heteroatoms. The summed E-state index contributed by atoms with van der Waals surface area (Å²) in [5, 5.41) is 3.51. The van der Waals surface area contributed by atoms with Crippen LogP contribution in [0, 0.1) is 11.8 Å². The molecule has 0 aromatic carbocycles. The van der Waals surface area contributed by atoms with Crippen LogP contribution in [0.4, 0.5) is 0 Å². The second-order valence-electron chi connectivity index (χ2n) is 4.82. The first-order chi connectivity index (χ1) is 6.83. The van der Waals surface area contributed by atoms with Crippen molar-refractivity contribution in [1.82, 2.24) is 5.32 Å². The van der Waals surface area contributed by atoms with Crippen LogP contribution in [-0.2, 0) is 0 Å². The molecule has 0 amide bonds. The highest BCUT2D eigenvalue weighted by molar-refractivity contribution is 4.72. The molecule has 0 aliphatic heterocycles. The van der Waals surface area contributed by atoms with Gasteiger partial charge in [0.15, 0.2) is 0 Å². The monoisotopic (exact) mass is 198 g/mol. The lowest BCUT2D eigenvalue weighted by Crippen LogP contribution is -2.18. The van der Waals surface area contributed by atoms with Crippen molar-refractivity contribution in [3.8, 4) is 0 Å². The Hall–Kier alpha value is -0.0800. The Kier molecular flexibility index (Phi) is 6.20. The molecule has 14 heavy (non-hydrogen) atoms. The van der Waals surface area contributed by atoms with E-state index in [9.17, 15) is 0 Å². The standard InChI is InChI=1S/C12H26N2/c1-11(10-13)4-2-8-14-9-3-5-12-6-7-12/h11-12,14H,2-10,13H2,1H3. The molecule has 0 heterocycles. The van der Waals surface area contributed by atoms with Gasteiger partial charge in [-0.25, -0.2) is 0 Å². The molecule has 0 bridgehead atoms. The first-order valence-corrected chi connectivity index (χ1v) is 6.23. The summed E-state index contributed by atoms with van der Waals surface area (Å²) in [6.45, 7) is 5.46. The summed E-state index contributed by atoms with van der Waals surface area (Å²) in [6, 6.07) is 0. The van der Waals surface area contributed by atoms with Gasteiger partial charge in [-0.3, -0.25) is 0 Å². The zero-order valence-electron chi connectivity index (χ0n) is 9.60. The quantitative estimate of drug-likeness (QED) is 0.557. The number of rotatable bonds is 9. The van der Waals surface area contributed by atoms with Gasteiger partial charge < -0.3 is 11.1 Å². The van der Waals surface area contributed by atoms with Crippen molar-refractivity contribution in [1.29, 1.82) is 0 Å².